The normalized spacial score (nSPS) is 16.0. The fourth-order valence-electron chi connectivity index (χ4n) is 2.52. The van der Waals surface area contributed by atoms with Crippen molar-refractivity contribution in [1.82, 2.24) is 14.6 Å². The molecular formula is C15H20N4O4S. The van der Waals surface area contributed by atoms with Gasteiger partial charge in [0.2, 0.25) is 10.0 Å². The summed E-state index contributed by atoms with van der Waals surface area (Å²) in [5, 5.41) is 12.0. The highest BCUT2D eigenvalue weighted by Crippen LogP contribution is 2.25. The number of carboxylic acid groups (broad SMARTS) is 1. The Morgan fingerprint density at radius 2 is 2.00 bits per heavy atom. The molecule has 9 heteroatoms. The lowest BCUT2D eigenvalue weighted by Gasteiger charge is -2.20. The minimum atomic E-state index is -3.45. The van der Waals surface area contributed by atoms with Crippen LogP contribution >= 0.6 is 0 Å². The summed E-state index contributed by atoms with van der Waals surface area (Å²) in [7, 11) is -3.45. The molecule has 1 aromatic carbocycles. The van der Waals surface area contributed by atoms with Crippen molar-refractivity contribution in [3.05, 3.63) is 36.7 Å². The number of benzene rings is 1. The summed E-state index contributed by atoms with van der Waals surface area (Å²) in [6, 6.07) is 7.09. The molecule has 0 atom stereocenters. The number of rotatable bonds is 2. The second-order valence-corrected chi connectivity index (χ2v) is 7.11. The van der Waals surface area contributed by atoms with Crippen molar-refractivity contribution in [2.45, 2.75) is 11.3 Å². The predicted octanol–water partition coefficient (Wildman–Crippen LogP) is 0.842. The van der Waals surface area contributed by atoms with Crippen molar-refractivity contribution in [1.29, 1.82) is 0 Å². The number of sulfonamides is 1. The lowest BCUT2D eigenvalue weighted by atomic mass is 10.2. The Kier molecular flexibility index (Phi) is 6.07. The lowest BCUT2D eigenvalue weighted by Crippen LogP contribution is -2.34. The summed E-state index contributed by atoms with van der Waals surface area (Å²) in [6.45, 7) is 2.65. The molecule has 0 spiro atoms. The van der Waals surface area contributed by atoms with Crippen LogP contribution in [-0.2, 0) is 10.0 Å². The van der Waals surface area contributed by atoms with Crippen LogP contribution in [0, 0.1) is 0 Å². The van der Waals surface area contributed by atoms with E-state index in [0.717, 1.165) is 23.7 Å². The van der Waals surface area contributed by atoms with Gasteiger partial charge >= 0.3 is 6.09 Å². The zero-order valence-corrected chi connectivity index (χ0v) is 13.9. The molecule has 1 fully saturated rings. The van der Waals surface area contributed by atoms with Crippen molar-refractivity contribution in [2.75, 3.05) is 26.2 Å². The molecule has 1 aliphatic rings. The molecule has 0 aliphatic carbocycles. The maximum absolute atomic E-state index is 12.8. The van der Waals surface area contributed by atoms with Crippen LogP contribution in [0.5, 0.6) is 0 Å². The number of hydrogen-bond acceptors (Lipinski definition) is 5. The van der Waals surface area contributed by atoms with E-state index in [1.54, 1.807) is 34.9 Å². The number of fused-ring (bicyclic) bond motifs is 1. The van der Waals surface area contributed by atoms with Gasteiger partial charge in [-0.2, -0.15) is 4.31 Å². The largest absolute Gasteiger partial charge is 0.465 e. The van der Waals surface area contributed by atoms with Gasteiger partial charge < -0.3 is 16.2 Å². The van der Waals surface area contributed by atoms with Gasteiger partial charge in [0, 0.05) is 42.8 Å². The number of hydrogen-bond donors (Lipinski definition) is 3. The van der Waals surface area contributed by atoms with Crippen LogP contribution < -0.4 is 11.1 Å². The van der Waals surface area contributed by atoms with E-state index in [-0.39, 0.29) is 0 Å². The second-order valence-electron chi connectivity index (χ2n) is 5.20. The molecule has 0 saturated carbocycles. The van der Waals surface area contributed by atoms with Gasteiger partial charge in [0.25, 0.3) is 0 Å². The fourth-order valence-corrected chi connectivity index (χ4v) is 4.21. The zero-order chi connectivity index (χ0) is 17.6. The molecule has 130 valence electrons. The molecule has 1 aliphatic heterocycles. The minimum Gasteiger partial charge on any atom is -0.465 e. The fraction of sp³-hybridized carbons (Fsp3) is 0.333. The Morgan fingerprint density at radius 3 is 2.75 bits per heavy atom. The molecule has 2 aromatic rings. The van der Waals surface area contributed by atoms with Crippen molar-refractivity contribution in [3.8, 4) is 0 Å². The third-order valence-electron chi connectivity index (χ3n) is 3.56. The van der Waals surface area contributed by atoms with E-state index in [9.17, 15) is 8.42 Å². The summed E-state index contributed by atoms with van der Waals surface area (Å²) < 4.78 is 27.2. The number of carbonyl (C=O) groups is 1. The van der Waals surface area contributed by atoms with Gasteiger partial charge in [0.05, 0.1) is 4.90 Å². The average Bonchev–Trinajstić information content (AvgIpc) is 2.83. The Bertz CT molecular complexity index is 793. The van der Waals surface area contributed by atoms with Crippen LogP contribution in [0.25, 0.3) is 10.8 Å². The highest BCUT2D eigenvalue weighted by Gasteiger charge is 2.26. The molecule has 1 saturated heterocycles. The van der Waals surface area contributed by atoms with E-state index >= 15 is 0 Å². The number of amides is 1. The third-order valence-corrected chi connectivity index (χ3v) is 5.51. The van der Waals surface area contributed by atoms with Crippen LogP contribution in [0.15, 0.2) is 41.6 Å². The highest BCUT2D eigenvalue weighted by atomic mass is 32.2. The van der Waals surface area contributed by atoms with Gasteiger partial charge in [0.15, 0.2) is 0 Å². The Morgan fingerprint density at radius 1 is 1.25 bits per heavy atom. The van der Waals surface area contributed by atoms with Crippen LogP contribution in [0.2, 0.25) is 0 Å². The number of nitrogens with one attached hydrogen (secondary N) is 1. The first kappa shape index (κ1) is 18.1. The molecule has 3 rings (SSSR count). The van der Waals surface area contributed by atoms with E-state index in [1.807, 2.05) is 6.07 Å². The number of primary amides is 1. The van der Waals surface area contributed by atoms with Crippen molar-refractivity contribution in [3.63, 3.8) is 0 Å². The van der Waals surface area contributed by atoms with Crippen molar-refractivity contribution < 1.29 is 18.3 Å². The van der Waals surface area contributed by atoms with E-state index in [2.05, 4.69) is 16.0 Å². The van der Waals surface area contributed by atoms with E-state index in [0.29, 0.717) is 24.5 Å². The lowest BCUT2D eigenvalue weighted by molar-refractivity contribution is 0.205. The van der Waals surface area contributed by atoms with Crippen molar-refractivity contribution >= 4 is 26.9 Å². The second kappa shape index (κ2) is 8.04. The summed E-state index contributed by atoms with van der Waals surface area (Å²) in [4.78, 5) is 13.2. The molecule has 2 heterocycles. The minimum absolute atomic E-state index is 0.374. The van der Waals surface area contributed by atoms with Gasteiger partial charge in [-0.3, -0.25) is 4.98 Å². The average molecular weight is 352 g/mol. The molecular weight excluding hydrogens is 332 g/mol. The highest BCUT2D eigenvalue weighted by molar-refractivity contribution is 7.89. The topological polar surface area (TPSA) is 126 Å². The van der Waals surface area contributed by atoms with Crippen LogP contribution in [0.4, 0.5) is 4.79 Å². The Hall–Kier alpha value is -2.23. The maximum Gasteiger partial charge on any atom is 0.402 e. The quantitative estimate of drug-likeness (QED) is 0.735. The van der Waals surface area contributed by atoms with Gasteiger partial charge in [-0.25, -0.2) is 13.2 Å². The van der Waals surface area contributed by atoms with Gasteiger partial charge in [-0.05, 0) is 25.1 Å². The summed E-state index contributed by atoms with van der Waals surface area (Å²) in [6.07, 6.45) is 2.83. The predicted molar refractivity (Wildman–Crippen MR) is 90.2 cm³/mol. The number of aromatic nitrogens is 1. The first-order valence-electron chi connectivity index (χ1n) is 7.45. The van der Waals surface area contributed by atoms with Crippen LogP contribution in [0.1, 0.15) is 6.42 Å². The zero-order valence-electron chi connectivity index (χ0n) is 13.1. The van der Waals surface area contributed by atoms with Crippen molar-refractivity contribution in [2.24, 2.45) is 5.73 Å². The van der Waals surface area contributed by atoms with Gasteiger partial charge in [0.1, 0.15) is 0 Å². The molecule has 0 unspecified atom stereocenters. The molecule has 0 radical (unpaired) electrons. The molecule has 1 aromatic heterocycles. The summed E-state index contributed by atoms with van der Waals surface area (Å²) >= 11 is 0. The smallest absolute Gasteiger partial charge is 0.402 e. The monoisotopic (exact) mass is 352 g/mol. The molecule has 0 bridgehead atoms. The first-order chi connectivity index (χ1) is 11.4. The standard InChI is InChI=1S/C14H17N3O2S.CH3NO2/c18-20(19,17-9-2-6-15-8-10-17)14-4-1-3-12-11-16-7-5-13(12)14;2-1(3)4/h1,3-5,7,11,15H,2,6,8-10H2;2H2,(H,3,4). The number of nitrogens with two attached hydrogens (primary N) is 1. The van der Waals surface area contributed by atoms with Crippen LogP contribution in [0.3, 0.4) is 0 Å². The molecule has 8 nitrogen and oxygen atoms in total. The van der Waals surface area contributed by atoms with Gasteiger partial charge in [-0.15, -0.1) is 0 Å². The summed E-state index contributed by atoms with van der Waals surface area (Å²) in [5.74, 6) is 0. The molecule has 4 N–H and O–H groups in total. The van der Waals surface area contributed by atoms with E-state index < -0.39 is 16.1 Å². The number of nitrogens with zero attached hydrogens (tertiary/aromatic N) is 2. The van der Waals surface area contributed by atoms with E-state index in [4.69, 9.17) is 9.90 Å². The Balaban J connectivity index is 0.000000471. The SMILES string of the molecule is NC(=O)O.O=S(=O)(c1cccc2cnccc12)N1CCCNCC1. The van der Waals surface area contributed by atoms with E-state index in [1.165, 1.54) is 0 Å². The van der Waals surface area contributed by atoms with Crippen LogP contribution in [-0.4, -0.2) is 55.1 Å². The first-order valence-corrected chi connectivity index (χ1v) is 8.89. The van der Waals surface area contributed by atoms with Gasteiger partial charge in [-0.1, -0.05) is 12.1 Å². The molecule has 1 amide bonds. The molecule has 24 heavy (non-hydrogen) atoms. The third kappa shape index (κ3) is 4.40. The number of pyridine rings is 1. The Labute approximate surface area is 140 Å². The maximum atomic E-state index is 12.8. The summed E-state index contributed by atoms with van der Waals surface area (Å²) in [5.41, 5.74) is 4.03.